The van der Waals surface area contributed by atoms with Gasteiger partial charge in [0.1, 0.15) is 5.75 Å². The van der Waals surface area contributed by atoms with Crippen molar-refractivity contribution in [3.05, 3.63) is 69.6 Å². The zero-order valence-electron chi connectivity index (χ0n) is 17.7. The molecule has 0 amide bonds. The fourth-order valence-corrected chi connectivity index (χ4v) is 4.48. The lowest BCUT2D eigenvalue weighted by molar-refractivity contribution is 0.304. The molecular formula is C26H27Br2NO2. The average Bonchev–Trinajstić information content (AvgIpc) is 2.77. The average molecular weight is 545 g/mol. The Balaban J connectivity index is 1.49. The van der Waals surface area contributed by atoms with Gasteiger partial charge in [-0.1, -0.05) is 70.9 Å². The van der Waals surface area contributed by atoms with Crippen molar-refractivity contribution in [2.24, 2.45) is 0 Å². The van der Waals surface area contributed by atoms with Gasteiger partial charge in [-0.3, -0.25) is 0 Å². The van der Waals surface area contributed by atoms with Gasteiger partial charge in [0, 0.05) is 14.6 Å². The van der Waals surface area contributed by atoms with Crippen LogP contribution < -0.4 is 14.4 Å². The molecule has 1 aliphatic rings. The van der Waals surface area contributed by atoms with Crippen LogP contribution in [0.1, 0.15) is 45.4 Å². The molecule has 3 aromatic rings. The van der Waals surface area contributed by atoms with E-state index in [1.54, 1.807) is 0 Å². The molecule has 0 aliphatic carbocycles. The van der Waals surface area contributed by atoms with E-state index in [0.717, 1.165) is 56.3 Å². The molecule has 0 radical (unpaired) electrons. The first kappa shape index (κ1) is 22.2. The summed E-state index contributed by atoms with van der Waals surface area (Å²) in [7, 11) is 0. The van der Waals surface area contributed by atoms with E-state index in [2.05, 4.69) is 80.1 Å². The largest absolute Gasteiger partial charge is 0.494 e. The molecule has 0 saturated heterocycles. The van der Waals surface area contributed by atoms with E-state index < -0.39 is 0 Å². The van der Waals surface area contributed by atoms with Gasteiger partial charge < -0.3 is 14.4 Å². The second-order valence-corrected chi connectivity index (χ2v) is 9.60. The number of benzene rings is 3. The fraction of sp³-hybridized carbons (Fsp3) is 0.308. The summed E-state index contributed by atoms with van der Waals surface area (Å²) in [6.45, 7) is 3.02. The van der Waals surface area contributed by atoms with E-state index >= 15 is 0 Å². The van der Waals surface area contributed by atoms with E-state index in [-0.39, 0.29) is 0 Å². The Labute approximate surface area is 201 Å². The Bertz CT molecular complexity index is 969. The number of fused-ring (bicyclic) bond motifs is 2. The Morgan fingerprint density at radius 3 is 1.94 bits per heavy atom. The van der Waals surface area contributed by atoms with Crippen molar-refractivity contribution >= 4 is 48.9 Å². The predicted molar refractivity (Wildman–Crippen MR) is 135 cm³/mol. The summed E-state index contributed by atoms with van der Waals surface area (Å²) >= 11 is 7.11. The Morgan fingerprint density at radius 2 is 1.32 bits per heavy atom. The van der Waals surface area contributed by atoms with Crippen molar-refractivity contribution in [2.75, 3.05) is 11.5 Å². The smallest absolute Gasteiger partial charge is 0.152 e. The first-order valence-corrected chi connectivity index (χ1v) is 12.5. The van der Waals surface area contributed by atoms with Gasteiger partial charge in [-0.25, -0.2) is 0 Å². The Morgan fingerprint density at radius 1 is 0.742 bits per heavy atom. The van der Waals surface area contributed by atoms with Gasteiger partial charge in [0.25, 0.3) is 0 Å². The molecule has 0 aromatic heterocycles. The molecular weight excluding hydrogens is 518 g/mol. The SMILES string of the molecule is CCCCCCCCOc1ccc(N2c3ccc(Br)cc3Oc3cc(Br)ccc32)cc1. The molecule has 3 aromatic carbocycles. The van der Waals surface area contributed by atoms with Crippen molar-refractivity contribution in [3.8, 4) is 17.2 Å². The first-order valence-electron chi connectivity index (χ1n) is 11.0. The molecule has 0 bridgehead atoms. The number of hydrogen-bond donors (Lipinski definition) is 0. The lowest BCUT2D eigenvalue weighted by atomic mass is 10.1. The number of ether oxygens (including phenoxy) is 2. The number of rotatable bonds is 9. The lowest BCUT2D eigenvalue weighted by Gasteiger charge is -2.33. The minimum absolute atomic E-state index is 0.775. The molecule has 0 saturated carbocycles. The molecule has 1 heterocycles. The molecule has 0 fully saturated rings. The maximum absolute atomic E-state index is 6.19. The molecule has 0 atom stereocenters. The molecule has 3 nitrogen and oxygen atoms in total. The Hall–Kier alpha value is -1.98. The topological polar surface area (TPSA) is 21.7 Å². The van der Waals surface area contributed by atoms with Gasteiger partial charge in [0.15, 0.2) is 11.5 Å². The summed E-state index contributed by atoms with van der Waals surface area (Å²) in [6.07, 6.45) is 7.61. The minimum Gasteiger partial charge on any atom is -0.494 e. The van der Waals surface area contributed by atoms with Crippen LogP contribution in [0, 0.1) is 0 Å². The van der Waals surface area contributed by atoms with Crippen LogP contribution in [-0.2, 0) is 0 Å². The number of halogens is 2. The standard InChI is InChI=1S/C26H27Br2NO2/c1-2-3-4-5-6-7-16-30-22-12-10-21(11-13-22)29-23-14-8-19(27)17-25(23)31-26-18-20(28)9-15-24(26)29/h8-15,17-18H,2-7,16H2,1H3. The van der Waals surface area contributed by atoms with Gasteiger partial charge in [0.2, 0.25) is 0 Å². The summed E-state index contributed by atoms with van der Waals surface area (Å²) < 4.78 is 14.1. The highest BCUT2D eigenvalue weighted by molar-refractivity contribution is 9.10. The highest BCUT2D eigenvalue weighted by Gasteiger charge is 2.26. The molecule has 4 rings (SSSR count). The second-order valence-electron chi connectivity index (χ2n) is 7.77. The van der Waals surface area contributed by atoms with Gasteiger partial charge in [-0.15, -0.1) is 0 Å². The van der Waals surface area contributed by atoms with Gasteiger partial charge in [-0.2, -0.15) is 0 Å². The second kappa shape index (κ2) is 10.6. The van der Waals surface area contributed by atoms with E-state index in [0.29, 0.717) is 0 Å². The summed E-state index contributed by atoms with van der Waals surface area (Å²) in [5, 5.41) is 0. The third-order valence-electron chi connectivity index (χ3n) is 5.41. The van der Waals surface area contributed by atoms with Crippen LogP contribution in [0.4, 0.5) is 17.1 Å². The molecule has 1 aliphatic heterocycles. The van der Waals surface area contributed by atoms with E-state index in [1.807, 2.05) is 24.3 Å². The van der Waals surface area contributed by atoms with Crippen LogP contribution in [-0.4, -0.2) is 6.61 Å². The van der Waals surface area contributed by atoms with Gasteiger partial charge in [-0.05, 0) is 67.1 Å². The van der Waals surface area contributed by atoms with E-state index in [4.69, 9.17) is 9.47 Å². The summed E-state index contributed by atoms with van der Waals surface area (Å²) in [5.74, 6) is 2.56. The summed E-state index contributed by atoms with van der Waals surface area (Å²) in [6, 6.07) is 20.6. The van der Waals surface area contributed by atoms with Gasteiger partial charge >= 0.3 is 0 Å². The number of anilines is 3. The Kier molecular flexibility index (Phi) is 7.57. The van der Waals surface area contributed by atoms with Crippen molar-refractivity contribution in [2.45, 2.75) is 45.4 Å². The van der Waals surface area contributed by atoms with Crippen LogP contribution in [0.2, 0.25) is 0 Å². The predicted octanol–water partition coefficient (Wildman–Crippen LogP) is 9.53. The third kappa shape index (κ3) is 5.45. The number of unbranched alkanes of at least 4 members (excludes halogenated alkanes) is 5. The van der Waals surface area contributed by atoms with Crippen molar-refractivity contribution in [1.82, 2.24) is 0 Å². The molecule has 0 spiro atoms. The number of hydrogen-bond acceptors (Lipinski definition) is 3. The molecule has 0 N–H and O–H groups in total. The quantitative estimate of drug-likeness (QED) is 0.196. The van der Waals surface area contributed by atoms with Crippen LogP contribution >= 0.6 is 31.9 Å². The maximum Gasteiger partial charge on any atom is 0.152 e. The fourth-order valence-electron chi connectivity index (χ4n) is 3.80. The van der Waals surface area contributed by atoms with Gasteiger partial charge in [0.05, 0.1) is 18.0 Å². The van der Waals surface area contributed by atoms with Crippen LogP contribution in [0.5, 0.6) is 17.2 Å². The lowest BCUT2D eigenvalue weighted by Crippen LogP contribution is -2.15. The number of nitrogens with zero attached hydrogens (tertiary/aromatic N) is 1. The normalized spacial score (nSPS) is 12.2. The van der Waals surface area contributed by atoms with Crippen molar-refractivity contribution in [1.29, 1.82) is 0 Å². The van der Waals surface area contributed by atoms with Crippen LogP contribution in [0.3, 0.4) is 0 Å². The maximum atomic E-state index is 6.19. The highest BCUT2D eigenvalue weighted by Crippen LogP contribution is 2.51. The molecule has 5 heteroatoms. The minimum atomic E-state index is 0.775. The molecule has 162 valence electrons. The van der Waals surface area contributed by atoms with Crippen LogP contribution in [0.25, 0.3) is 0 Å². The zero-order chi connectivity index (χ0) is 21.6. The van der Waals surface area contributed by atoms with E-state index in [9.17, 15) is 0 Å². The van der Waals surface area contributed by atoms with E-state index in [1.165, 1.54) is 32.1 Å². The molecule has 0 unspecified atom stereocenters. The third-order valence-corrected chi connectivity index (χ3v) is 6.39. The first-order chi connectivity index (χ1) is 15.2. The van der Waals surface area contributed by atoms with Crippen molar-refractivity contribution < 1.29 is 9.47 Å². The summed E-state index contributed by atoms with van der Waals surface area (Å²) in [5.41, 5.74) is 3.10. The summed E-state index contributed by atoms with van der Waals surface area (Å²) in [4.78, 5) is 2.23. The molecule has 31 heavy (non-hydrogen) atoms. The monoisotopic (exact) mass is 543 g/mol. The van der Waals surface area contributed by atoms with Crippen molar-refractivity contribution in [3.63, 3.8) is 0 Å². The zero-order valence-corrected chi connectivity index (χ0v) is 20.9. The highest BCUT2D eigenvalue weighted by atomic mass is 79.9. The van der Waals surface area contributed by atoms with Crippen LogP contribution in [0.15, 0.2) is 69.6 Å².